The summed E-state index contributed by atoms with van der Waals surface area (Å²) < 4.78 is 5.50. The minimum atomic E-state index is -0.936. The lowest BCUT2D eigenvalue weighted by molar-refractivity contribution is -0.131. The number of aliphatic carboxylic acids is 1. The Morgan fingerprint density at radius 1 is 1.25 bits per heavy atom. The van der Waals surface area contributed by atoms with Gasteiger partial charge in [0.05, 0.1) is 6.26 Å². The van der Waals surface area contributed by atoms with Crippen molar-refractivity contribution in [3.8, 4) is 0 Å². The number of hydrogen-bond donors (Lipinski definition) is 1. The Hall–Kier alpha value is -2.55. The van der Waals surface area contributed by atoms with E-state index in [0.29, 0.717) is 5.57 Å². The van der Waals surface area contributed by atoms with Crippen LogP contribution in [0.2, 0.25) is 0 Å². The summed E-state index contributed by atoms with van der Waals surface area (Å²) in [6.45, 7) is 3.75. The maximum atomic E-state index is 10.5. The van der Waals surface area contributed by atoms with E-state index >= 15 is 0 Å². The van der Waals surface area contributed by atoms with E-state index in [1.807, 2.05) is 43.3 Å². The fraction of sp³-hybridized carbons (Fsp3) is 0.118. The fourth-order valence-electron chi connectivity index (χ4n) is 1.96. The first kappa shape index (κ1) is 13.9. The minimum absolute atomic E-state index is 0.693. The van der Waals surface area contributed by atoms with Crippen molar-refractivity contribution in [3.63, 3.8) is 0 Å². The number of allylic oxidation sites excluding steroid dienone is 5. The molecule has 3 heteroatoms. The van der Waals surface area contributed by atoms with Crippen molar-refractivity contribution in [3.05, 3.63) is 66.0 Å². The van der Waals surface area contributed by atoms with Crippen LogP contribution in [-0.2, 0) is 4.79 Å². The molecule has 0 saturated heterocycles. The van der Waals surface area contributed by atoms with E-state index in [1.165, 1.54) is 6.08 Å². The lowest BCUT2D eigenvalue weighted by atomic mass is 10.1. The molecule has 0 aliphatic rings. The zero-order valence-corrected chi connectivity index (χ0v) is 11.5. The lowest BCUT2D eigenvalue weighted by Crippen LogP contribution is -1.87. The largest absolute Gasteiger partial charge is 0.478 e. The molecular formula is C17H16O3. The molecule has 0 unspecified atom stereocenters. The first-order valence-corrected chi connectivity index (χ1v) is 6.30. The molecule has 0 spiro atoms. The smallest absolute Gasteiger partial charge is 0.328 e. The van der Waals surface area contributed by atoms with Crippen molar-refractivity contribution in [2.24, 2.45) is 0 Å². The van der Waals surface area contributed by atoms with E-state index in [1.54, 1.807) is 19.3 Å². The third kappa shape index (κ3) is 3.26. The van der Waals surface area contributed by atoms with Crippen LogP contribution in [0.15, 0.2) is 64.8 Å². The van der Waals surface area contributed by atoms with Crippen molar-refractivity contribution in [2.45, 2.75) is 13.8 Å². The van der Waals surface area contributed by atoms with Crippen LogP contribution < -0.4 is 0 Å². The topological polar surface area (TPSA) is 50.4 Å². The molecule has 0 aliphatic carbocycles. The summed E-state index contributed by atoms with van der Waals surface area (Å²) in [4.78, 5) is 10.5. The Kier molecular flexibility index (Phi) is 4.20. The highest BCUT2D eigenvalue weighted by Gasteiger charge is 2.05. The molecule has 102 valence electrons. The summed E-state index contributed by atoms with van der Waals surface area (Å²) >= 11 is 0. The third-order valence-corrected chi connectivity index (χ3v) is 2.96. The zero-order chi connectivity index (χ0) is 14.5. The molecule has 0 fully saturated rings. The van der Waals surface area contributed by atoms with Crippen LogP contribution in [0.25, 0.3) is 16.5 Å². The summed E-state index contributed by atoms with van der Waals surface area (Å²) in [5.74, 6) is -0.936. The summed E-state index contributed by atoms with van der Waals surface area (Å²) in [6.07, 6.45) is 8.46. The lowest BCUT2D eigenvalue weighted by Gasteiger charge is -1.96. The minimum Gasteiger partial charge on any atom is -0.478 e. The first-order valence-electron chi connectivity index (χ1n) is 6.30. The van der Waals surface area contributed by atoms with Gasteiger partial charge in [-0.2, -0.15) is 0 Å². The number of carboxylic acid groups (broad SMARTS) is 1. The Labute approximate surface area is 117 Å². The van der Waals surface area contributed by atoms with Gasteiger partial charge >= 0.3 is 5.97 Å². The standard InChI is InChI=1S/C17H16O3/c1-12(10-17(18)19)6-5-7-13(2)15-11-20-16-9-4-3-8-14(15)16/h3-11H,1-2H3,(H,18,19)/b6-5+,12-10+,13-7+. The number of hydrogen-bond acceptors (Lipinski definition) is 2. The molecule has 1 aromatic carbocycles. The van der Waals surface area contributed by atoms with Crippen molar-refractivity contribution >= 4 is 22.5 Å². The SMILES string of the molecule is CC(/C=C/C=C(\C)c1coc2ccccc12)=C\C(=O)O. The van der Waals surface area contributed by atoms with Crippen LogP contribution in [0.3, 0.4) is 0 Å². The molecular weight excluding hydrogens is 252 g/mol. The Morgan fingerprint density at radius 2 is 2.00 bits per heavy atom. The van der Waals surface area contributed by atoms with Gasteiger partial charge in [-0.1, -0.05) is 36.4 Å². The molecule has 20 heavy (non-hydrogen) atoms. The average molecular weight is 268 g/mol. The van der Waals surface area contributed by atoms with E-state index in [-0.39, 0.29) is 0 Å². The maximum Gasteiger partial charge on any atom is 0.328 e. The number of rotatable bonds is 4. The number of benzene rings is 1. The highest BCUT2D eigenvalue weighted by molar-refractivity contribution is 5.90. The van der Waals surface area contributed by atoms with Crippen molar-refractivity contribution in [2.75, 3.05) is 0 Å². The van der Waals surface area contributed by atoms with Gasteiger partial charge in [-0.15, -0.1) is 0 Å². The molecule has 0 atom stereocenters. The molecule has 0 amide bonds. The fourth-order valence-corrected chi connectivity index (χ4v) is 1.96. The quantitative estimate of drug-likeness (QED) is 0.659. The highest BCUT2D eigenvalue weighted by Crippen LogP contribution is 2.26. The molecule has 0 saturated carbocycles. The predicted octanol–water partition coefficient (Wildman–Crippen LogP) is 4.42. The Balaban J connectivity index is 2.23. The number of para-hydroxylation sites is 1. The van der Waals surface area contributed by atoms with Gasteiger partial charge in [-0.25, -0.2) is 4.79 Å². The van der Waals surface area contributed by atoms with Crippen molar-refractivity contribution in [1.82, 2.24) is 0 Å². The van der Waals surface area contributed by atoms with Gasteiger partial charge in [-0.05, 0) is 31.1 Å². The van der Waals surface area contributed by atoms with Gasteiger partial charge in [0.15, 0.2) is 0 Å². The van der Waals surface area contributed by atoms with Gasteiger partial charge < -0.3 is 9.52 Å². The molecule has 3 nitrogen and oxygen atoms in total. The van der Waals surface area contributed by atoms with E-state index in [9.17, 15) is 4.79 Å². The predicted molar refractivity (Wildman–Crippen MR) is 80.4 cm³/mol. The monoisotopic (exact) mass is 268 g/mol. The van der Waals surface area contributed by atoms with E-state index in [2.05, 4.69) is 0 Å². The summed E-state index contributed by atoms with van der Waals surface area (Å²) in [6, 6.07) is 7.87. The second kappa shape index (κ2) is 6.06. The first-order chi connectivity index (χ1) is 9.58. The van der Waals surface area contributed by atoms with E-state index < -0.39 is 5.97 Å². The van der Waals surface area contributed by atoms with E-state index in [4.69, 9.17) is 9.52 Å². The van der Waals surface area contributed by atoms with Gasteiger partial charge in [-0.3, -0.25) is 0 Å². The molecule has 0 bridgehead atoms. The van der Waals surface area contributed by atoms with Crippen LogP contribution in [0.5, 0.6) is 0 Å². The third-order valence-electron chi connectivity index (χ3n) is 2.96. The molecule has 1 heterocycles. The Morgan fingerprint density at radius 3 is 2.75 bits per heavy atom. The molecule has 1 N–H and O–H groups in total. The van der Waals surface area contributed by atoms with Crippen molar-refractivity contribution < 1.29 is 14.3 Å². The number of fused-ring (bicyclic) bond motifs is 1. The van der Waals surface area contributed by atoms with Crippen LogP contribution in [-0.4, -0.2) is 11.1 Å². The molecule has 1 aromatic heterocycles. The van der Waals surface area contributed by atoms with Gasteiger partial charge in [0.2, 0.25) is 0 Å². The highest BCUT2D eigenvalue weighted by atomic mass is 16.4. The summed E-state index contributed by atoms with van der Waals surface area (Å²) in [5.41, 5.74) is 3.67. The van der Waals surface area contributed by atoms with Crippen LogP contribution >= 0.6 is 0 Å². The van der Waals surface area contributed by atoms with Crippen LogP contribution in [0, 0.1) is 0 Å². The number of furan rings is 1. The maximum absolute atomic E-state index is 10.5. The summed E-state index contributed by atoms with van der Waals surface area (Å²) in [7, 11) is 0. The summed E-state index contributed by atoms with van der Waals surface area (Å²) in [5, 5.41) is 9.70. The van der Waals surface area contributed by atoms with Crippen LogP contribution in [0.1, 0.15) is 19.4 Å². The number of carboxylic acids is 1. The van der Waals surface area contributed by atoms with Crippen molar-refractivity contribution in [1.29, 1.82) is 0 Å². The second-order valence-electron chi connectivity index (χ2n) is 4.58. The Bertz CT molecular complexity index is 715. The molecule has 0 aliphatic heterocycles. The van der Waals surface area contributed by atoms with Gasteiger partial charge in [0.25, 0.3) is 0 Å². The van der Waals surface area contributed by atoms with Crippen LogP contribution in [0.4, 0.5) is 0 Å². The average Bonchev–Trinajstić information content (AvgIpc) is 2.81. The zero-order valence-electron chi connectivity index (χ0n) is 11.5. The molecule has 2 rings (SSSR count). The number of carbonyl (C=O) groups is 1. The van der Waals surface area contributed by atoms with Gasteiger partial charge in [0, 0.05) is 17.0 Å². The molecule has 2 aromatic rings. The molecule has 0 radical (unpaired) electrons. The normalized spacial score (nSPS) is 13.3. The second-order valence-corrected chi connectivity index (χ2v) is 4.58. The van der Waals surface area contributed by atoms with Gasteiger partial charge in [0.1, 0.15) is 5.58 Å². The van der Waals surface area contributed by atoms with E-state index in [0.717, 1.165) is 22.1 Å².